The Bertz CT molecular complexity index is 594. The second-order valence-corrected chi connectivity index (χ2v) is 5.08. The molecule has 21 heavy (non-hydrogen) atoms. The van der Waals surface area contributed by atoms with Crippen LogP contribution in [0.1, 0.15) is 25.0 Å². The SMILES string of the molecule is O=C(NCc1nccnc1-c1ccco1)OCC1CCC1. The summed E-state index contributed by atoms with van der Waals surface area (Å²) in [6.45, 7) is 0.755. The van der Waals surface area contributed by atoms with Gasteiger partial charge in [-0.25, -0.2) is 9.78 Å². The number of carbonyl (C=O) groups is 1. The highest BCUT2D eigenvalue weighted by atomic mass is 16.5. The first-order valence-corrected chi connectivity index (χ1v) is 7.07. The molecular weight excluding hydrogens is 270 g/mol. The second kappa shape index (κ2) is 6.39. The predicted molar refractivity (Wildman–Crippen MR) is 75.3 cm³/mol. The third-order valence-electron chi connectivity index (χ3n) is 3.60. The van der Waals surface area contributed by atoms with Gasteiger partial charge in [0.15, 0.2) is 5.76 Å². The van der Waals surface area contributed by atoms with Crippen molar-refractivity contribution in [1.82, 2.24) is 15.3 Å². The lowest BCUT2D eigenvalue weighted by Gasteiger charge is -2.24. The highest BCUT2D eigenvalue weighted by molar-refractivity contribution is 5.67. The third-order valence-corrected chi connectivity index (χ3v) is 3.60. The van der Waals surface area contributed by atoms with Crippen molar-refractivity contribution < 1.29 is 13.9 Å². The zero-order chi connectivity index (χ0) is 14.5. The smallest absolute Gasteiger partial charge is 0.407 e. The van der Waals surface area contributed by atoms with E-state index in [-0.39, 0.29) is 6.54 Å². The normalized spacial score (nSPS) is 14.5. The summed E-state index contributed by atoms with van der Waals surface area (Å²) in [5.74, 6) is 1.16. The Morgan fingerprint density at radius 3 is 2.95 bits per heavy atom. The summed E-state index contributed by atoms with van der Waals surface area (Å²) in [7, 11) is 0. The molecule has 0 radical (unpaired) electrons. The molecule has 1 amide bonds. The summed E-state index contributed by atoms with van der Waals surface area (Å²) in [5.41, 5.74) is 1.27. The van der Waals surface area contributed by atoms with Crippen LogP contribution in [-0.2, 0) is 11.3 Å². The quantitative estimate of drug-likeness (QED) is 0.915. The first-order chi connectivity index (χ1) is 10.3. The van der Waals surface area contributed by atoms with Crippen LogP contribution < -0.4 is 5.32 Å². The molecule has 0 aliphatic heterocycles. The number of amides is 1. The summed E-state index contributed by atoms with van der Waals surface area (Å²) < 4.78 is 10.5. The third kappa shape index (κ3) is 3.39. The molecule has 2 heterocycles. The Morgan fingerprint density at radius 1 is 1.38 bits per heavy atom. The number of furan rings is 1. The molecule has 0 atom stereocenters. The van der Waals surface area contributed by atoms with Crippen LogP contribution in [0.4, 0.5) is 4.79 Å². The van der Waals surface area contributed by atoms with Crippen molar-refractivity contribution in [2.24, 2.45) is 5.92 Å². The zero-order valence-electron chi connectivity index (χ0n) is 11.6. The van der Waals surface area contributed by atoms with E-state index in [4.69, 9.17) is 9.15 Å². The van der Waals surface area contributed by atoms with Crippen LogP contribution in [0.3, 0.4) is 0 Å². The molecule has 1 saturated carbocycles. The fourth-order valence-corrected chi connectivity index (χ4v) is 2.18. The average Bonchev–Trinajstić information content (AvgIpc) is 2.98. The average molecular weight is 287 g/mol. The molecule has 6 nitrogen and oxygen atoms in total. The zero-order valence-corrected chi connectivity index (χ0v) is 11.6. The van der Waals surface area contributed by atoms with Gasteiger partial charge in [0, 0.05) is 12.4 Å². The standard InChI is InChI=1S/C15H17N3O3/c19-15(21-10-11-3-1-4-11)18-9-12-14(17-7-6-16-12)13-5-2-8-20-13/h2,5-8,11H,1,3-4,9-10H2,(H,18,19). The molecule has 1 fully saturated rings. The molecule has 0 aromatic carbocycles. The fourth-order valence-electron chi connectivity index (χ4n) is 2.18. The van der Waals surface area contributed by atoms with Gasteiger partial charge in [0.05, 0.1) is 25.1 Å². The number of nitrogens with one attached hydrogen (secondary N) is 1. The molecule has 2 aromatic rings. The maximum atomic E-state index is 11.7. The molecule has 6 heteroatoms. The fraction of sp³-hybridized carbons (Fsp3) is 0.400. The highest BCUT2D eigenvalue weighted by Crippen LogP contribution is 2.26. The van der Waals surface area contributed by atoms with Crippen LogP contribution in [0, 0.1) is 5.92 Å². The van der Waals surface area contributed by atoms with E-state index in [2.05, 4.69) is 15.3 Å². The van der Waals surface area contributed by atoms with Crippen molar-refractivity contribution >= 4 is 6.09 Å². The van der Waals surface area contributed by atoms with Crippen LogP contribution in [0.2, 0.25) is 0 Å². The summed E-state index contributed by atoms with van der Waals surface area (Å²) in [6.07, 6.45) is 7.88. The van der Waals surface area contributed by atoms with Crippen molar-refractivity contribution in [1.29, 1.82) is 0 Å². The number of hydrogen-bond donors (Lipinski definition) is 1. The van der Waals surface area contributed by atoms with Crippen molar-refractivity contribution in [2.75, 3.05) is 6.61 Å². The van der Waals surface area contributed by atoms with Crippen LogP contribution in [0.25, 0.3) is 11.5 Å². The second-order valence-electron chi connectivity index (χ2n) is 5.08. The van der Waals surface area contributed by atoms with Crippen LogP contribution in [-0.4, -0.2) is 22.7 Å². The monoisotopic (exact) mass is 287 g/mol. The number of ether oxygens (including phenoxy) is 1. The van der Waals surface area contributed by atoms with Gasteiger partial charge in [-0.3, -0.25) is 4.98 Å². The van der Waals surface area contributed by atoms with E-state index < -0.39 is 6.09 Å². The largest absolute Gasteiger partial charge is 0.463 e. The Balaban J connectivity index is 1.56. The molecular formula is C15H17N3O3. The van der Waals surface area contributed by atoms with Gasteiger partial charge in [-0.05, 0) is 30.9 Å². The molecule has 0 unspecified atom stereocenters. The molecule has 0 spiro atoms. The Morgan fingerprint density at radius 2 is 2.24 bits per heavy atom. The molecule has 0 saturated heterocycles. The number of alkyl carbamates (subject to hydrolysis) is 1. The number of aromatic nitrogens is 2. The van der Waals surface area contributed by atoms with Crippen molar-refractivity contribution in [3.8, 4) is 11.5 Å². The van der Waals surface area contributed by atoms with Crippen LogP contribution >= 0.6 is 0 Å². The number of rotatable bonds is 5. The molecule has 1 aliphatic rings. The van der Waals surface area contributed by atoms with E-state index in [0.29, 0.717) is 29.7 Å². The lowest BCUT2D eigenvalue weighted by Crippen LogP contribution is -2.28. The van der Waals surface area contributed by atoms with Gasteiger partial charge in [-0.15, -0.1) is 0 Å². The minimum atomic E-state index is -0.419. The van der Waals surface area contributed by atoms with Gasteiger partial charge >= 0.3 is 6.09 Å². The number of nitrogens with zero attached hydrogens (tertiary/aromatic N) is 2. The van der Waals surface area contributed by atoms with Crippen molar-refractivity contribution in [3.63, 3.8) is 0 Å². The minimum absolute atomic E-state index is 0.257. The van der Waals surface area contributed by atoms with E-state index >= 15 is 0 Å². The lowest BCUT2D eigenvalue weighted by molar-refractivity contribution is 0.103. The van der Waals surface area contributed by atoms with Crippen LogP contribution in [0.15, 0.2) is 35.2 Å². The lowest BCUT2D eigenvalue weighted by atomic mass is 9.86. The molecule has 1 aliphatic carbocycles. The minimum Gasteiger partial charge on any atom is -0.463 e. The Kier molecular flexibility index (Phi) is 4.14. The first-order valence-electron chi connectivity index (χ1n) is 7.07. The molecule has 3 rings (SSSR count). The van der Waals surface area contributed by atoms with E-state index in [1.54, 1.807) is 24.7 Å². The van der Waals surface area contributed by atoms with Crippen LogP contribution in [0.5, 0.6) is 0 Å². The van der Waals surface area contributed by atoms with Gasteiger partial charge in [-0.2, -0.15) is 0 Å². The van der Waals surface area contributed by atoms with Crippen molar-refractivity contribution in [2.45, 2.75) is 25.8 Å². The molecule has 0 bridgehead atoms. The summed E-state index contributed by atoms with van der Waals surface area (Å²) in [6, 6.07) is 3.59. The summed E-state index contributed by atoms with van der Waals surface area (Å²) in [5, 5.41) is 2.70. The topological polar surface area (TPSA) is 77.3 Å². The van der Waals surface area contributed by atoms with E-state index in [9.17, 15) is 4.79 Å². The molecule has 110 valence electrons. The van der Waals surface area contributed by atoms with Gasteiger partial charge < -0.3 is 14.5 Å². The number of carbonyl (C=O) groups excluding carboxylic acids is 1. The van der Waals surface area contributed by atoms with Gasteiger partial charge in [0.25, 0.3) is 0 Å². The molecule has 2 aromatic heterocycles. The Labute approximate surface area is 122 Å². The molecule has 1 N–H and O–H groups in total. The number of hydrogen-bond acceptors (Lipinski definition) is 5. The first kappa shape index (κ1) is 13.6. The Hall–Kier alpha value is -2.37. The maximum Gasteiger partial charge on any atom is 0.407 e. The van der Waals surface area contributed by atoms with Gasteiger partial charge in [0.2, 0.25) is 0 Å². The maximum absolute atomic E-state index is 11.7. The highest BCUT2D eigenvalue weighted by Gasteiger charge is 2.19. The van der Waals surface area contributed by atoms with Gasteiger partial charge in [-0.1, -0.05) is 6.42 Å². The summed E-state index contributed by atoms with van der Waals surface area (Å²) >= 11 is 0. The van der Waals surface area contributed by atoms with Crippen molar-refractivity contribution in [3.05, 3.63) is 36.5 Å². The summed E-state index contributed by atoms with van der Waals surface area (Å²) in [4.78, 5) is 20.1. The van der Waals surface area contributed by atoms with E-state index in [1.807, 2.05) is 6.07 Å². The predicted octanol–water partition coefficient (Wildman–Crippen LogP) is 2.76. The van der Waals surface area contributed by atoms with E-state index in [1.165, 1.54) is 6.42 Å². The van der Waals surface area contributed by atoms with E-state index in [0.717, 1.165) is 12.8 Å². The van der Waals surface area contributed by atoms with Gasteiger partial charge in [0.1, 0.15) is 5.69 Å².